The molecule has 2 aromatic rings. The summed E-state index contributed by atoms with van der Waals surface area (Å²) in [5.41, 5.74) is 1.43. The van der Waals surface area contributed by atoms with E-state index in [1.807, 2.05) is 20.8 Å². The Hall–Kier alpha value is -2.34. The van der Waals surface area contributed by atoms with Crippen LogP contribution in [-0.4, -0.2) is 18.9 Å². The zero-order chi connectivity index (χ0) is 19.5. The fourth-order valence-electron chi connectivity index (χ4n) is 2.92. The van der Waals surface area contributed by atoms with Gasteiger partial charge in [-0.05, 0) is 37.5 Å². The second kappa shape index (κ2) is 7.91. The van der Waals surface area contributed by atoms with Crippen molar-refractivity contribution in [2.75, 3.05) is 5.32 Å². The number of rotatable bonds is 7. The molecule has 1 N–H and O–H groups in total. The molecule has 2 rings (SSSR count). The summed E-state index contributed by atoms with van der Waals surface area (Å²) < 4.78 is 28.3. The van der Waals surface area contributed by atoms with E-state index in [1.54, 1.807) is 47.9 Å². The molecule has 0 atom stereocenters. The van der Waals surface area contributed by atoms with E-state index in [1.165, 1.54) is 0 Å². The first-order chi connectivity index (χ1) is 12.2. The Morgan fingerprint density at radius 1 is 1.23 bits per heavy atom. The number of aromatic nitrogens is 1. The maximum absolute atomic E-state index is 13.3. The van der Waals surface area contributed by atoms with Crippen LogP contribution in [0.3, 0.4) is 0 Å². The molecular formula is C20H26N2O3S. The SMILES string of the molecule is C=CCn1c(C)c(C)c(S(=O)(=O)c2ccccc2)c1NC(=O)CC(C)C. The first kappa shape index (κ1) is 20.0. The molecule has 0 spiro atoms. The Morgan fingerprint density at radius 2 is 1.85 bits per heavy atom. The Balaban J connectivity index is 2.67. The van der Waals surface area contributed by atoms with Crippen LogP contribution in [0.5, 0.6) is 0 Å². The molecule has 0 aliphatic heterocycles. The number of anilines is 1. The molecule has 1 aromatic heterocycles. The van der Waals surface area contributed by atoms with E-state index in [0.717, 1.165) is 5.69 Å². The highest BCUT2D eigenvalue weighted by atomic mass is 32.2. The van der Waals surface area contributed by atoms with Gasteiger partial charge in [0.2, 0.25) is 15.7 Å². The Kier molecular flexibility index (Phi) is 6.08. The van der Waals surface area contributed by atoms with Crippen molar-refractivity contribution >= 4 is 21.6 Å². The molecule has 0 bridgehead atoms. The van der Waals surface area contributed by atoms with Gasteiger partial charge in [-0.3, -0.25) is 4.79 Å². The normalized spacial score (nSPS) is 11.6. The molecule has 0 unspecified atom stereocenters. The van der Waals surface area contributed by atoms with Crippen molar-refractivity contribution in [2.45, 2.75) is 50.5 Å². The molecule has 26 heavy (non-hydrogen) atoms. The van der Waals surface area contributed by atoms with Crippen LogP contribution in [-0.2, 0) is 21.2 Å². The van der Waals surface area contributed by atoms with Gasteiger partial charge in [-0.15, -0.1) is 6.58 Å². The maximum atomic E-state index is 13.3. The first-order valence-electron chi connectivity index (χ1n) is 8.60. The van der Waals surface area contributed by atoms with Crippen LogP contribution in [0.2, 0.25) is 0 Å². The Labute approximate surface area is 155 Å². The number of amides is 1. The molecule has 0 saturated heterocycles. The fraction of sp³-hybridized carbons (Fsp3) is 0.350. The minimum Gasteiger partial charge on any atom is -0.327 e. The maximum Gasteiger partial charge on any atom is 0.225 e. The lowest BCUT2D eigenvalue weighted by Crippen LogP contribution is -2.19. The third-order valence-corrected chi connectivity index (χ3v) is 6.19. The molecule has 6 heteroatoms. The highest BCUT2D eigenvalue weighted by Gasteiger charge is 2.30. The van der Waals surface area contributed by atoms with Gasteiger partial charge in [-0.2, -0.15) is 0 Å². The first-order valence-corrected chi connectivity index (χ1v) is 10.1. The van der Waals surface area contributed by atoms with Gasteiger partial charge in [0.1, 0.15) is 10.7 Å². The van der Waals surface area contributed by atoms with Gasteiger partial charge < -0.3 is 9.88 Å². The summed E-state index contributed by atoms with van der Waals surface area (Å²) in [6.07, 6.45) is 2.01. The van der Waals surface area contributed by atoms with Crippen LogP contribution in [0.25, 0.3) is 0 Å². The third-order valence-electron chi connectivity index (χ3n) is 4.26. The molecule has 0 fully saturated rings. The number of hydrogen-bond acceptors (Lipinski definition) is 3. The zero-order valence-corrected chi connectivity index (χ0v) is 16.6. The van der Waals surface area contributed by atoms with Gasteiger partial charge in [-0.1, -0.05) is 38.1 Å². The van der Waals surface area contributed by atoms with E-state index in [2.05, 4.69) is 11.9 Å². The summed E-state index contributed by atoms with van der Waals surface area (Å²) in [6, 6.07) is 8.27. The summed E-state index contributed by atoms with van der Waals surface area (Å²) in [7, 11) is -3.76. The lowest BCUT2D eigenvalue weighted by atomic mass is 10.1. The molecule has 0 aliphatic carbocycles. The summed E-state index contributed by atoms with van der Waals surface area (Å²) in [4.78, 5) is 12.7. The van der Waals surface area contributed by atoms with Crippen molar-refractivity contribution in [1.82, 2.24) is 4.57 Å². The smallest absolute Gasteiger partial charge is 0.225 e. The van der Waals surface area contributed by atoms with Crippen LogP contribution in [0, 0.1) is 19.8 Å². The van der Waals surface area contributed by atoms with Crippen molar-refractivity contribution in [2.24, 2.45) is 5.92 Å². The van der Waals surface area contributed by atoms with Gasteiger partial charge >= 0.3 is 0 Å². The predicted octanol–water partition coefficient (Wildman–Crippen LogP) is 4.11. The quantitative estimate of drug-likeness (QED) is 0.742. The number of sulfone groups is 1. The molecule has 140 valence electrons. The summed E-state index contributed by atoms with van der Waals surface area (Å²) in [5, 5.41) is 2.83. The number of benzene rings is 1. The van der Waals surface area contributed by atoms with Crippen molar-refractivity contribution < 1.29 is 13.2 Å². The molecule has 1 amide bonds. The second-order valence-electron chi connectivity index (χ2n) is 6.75. The minimum absolute atomic E-state index is 0.153. The molecule has 0 saturated carbocycles. The topological polar surface area (TPSA) is 68.2 Å². The van der Waals surface area contributed by atoms with Crippen LogP contribution in [0.1, 0.15) is 31.5 Å². The molecular weight excluding hydrogens is 348 g/mol. The summed E-state index contributed by atoms with van der Waals surface area (Å²) >= 11 is 0. The van der Waals surface area contributed by atoms with Crippen molar-refractivity contribution in [1.29, 1.82) is 0 Å². The van der Waals surface area contributed by atoms with Gasteiger partial charge in [0, 0.05) is 18.7 Å². The summed E-state index contributed by atoms with van der Waals surface area (Å²) in [6.45, 7) is 11.7. The van der Waals surface area contributed by atoms with Gasteiger partial charge in [0.05, 0.1) is 4.90 Å². The lowest BCUT2D eigenvalue weighted by molar-refractivity contribution is -0.116. The van der Waals surface area contributed by atoms with Crippen molar-refractivity contribution in [3.63, 3.8) is 0 Å². The number of nitrogens with zero attached hydrogens (tertiary/aromatic N) is 1. The van der Waals surface area contributed by atoms with E-state index >= 15 is 0 Å². The van der Waals surface area contributed by atoms with Crippen LogP contribution in [0.15, 0.2) is 52.8 Å². The minimum atomic E-state index is -3.76. The number of allylic oxidation sites excluding steroid dienone is 1. The standard InChI is InChI=1S/C20H26N2O3S/c1-6-12-22-16(5)15(4)19(20(22)21-18(23)13-14(2)3)26(24,25)17-10-8-7-9-11-17/h6-11,14H,1,12-13H2,2-5H3,(H,21,23). The molecule has 1 heterocycles. The second-order valence-corrected chi connectivity index (χ2v) is 8.64. The van der Waals surface area contributed by atoms with Crippen LogP contribution < -0.4 is 5.32 Å². The average molecular weight is 375 g/mol. The number of carbonyl (C=O) groups is 1. The molecule has 1 aromatic carbocycles. The largest absolute Gasteiger partial charge is 0.327 e. The van der Waals surface area contributed by atoms with Gasteiger partial charge in [0.25, 0.3) is 0 Å². The monoisotopic (exact) mass is 374 g/mol. The number of nitrogens with one attached hydrogen (secondary N) is 1. The third kappa shape index (κ3) is 3.90. The van der Waals surface area contributed by atoms with E-state index in [4.69, 9.17) is 0 Å². The van der Waals surface area contributed by atoms with Gasteiger partial charge in [0.15, 0.2) is 0 Å². The number of hydrogen-bond donors (Lipinski definition) is 1. The number of carbonyl (C=O) groups excluding carboxylic acids is 1. The van der Waals surface area contributed by atoms with Crippen LogP contribution >= 0.6 is 0 Å². The van der Waals surface area contributed by atoms with E-state index in [9.17, 15) is 13.2 Å². The molecule has 0 radical (unpaired) electrons. The fourth-order valence-corrected chi connectivity index (χ4v) is 4.63. The zero-order valence-electron chi connectivity index (χ0n) is 15.7. The van der Waals surface area contributed by atoms with E-state index < -0.39 is 9.84 Å². The summed E-state index contributed by atoms with van der Waals surface area (Å²) in [5.74, 6) is 0.288. The van der Waals surface area contributed by atoms with E-state index in [-0.39, 0.29) is 21.6 Å². The Bertz CT molecular complexity index is 910. The highest BCUT2D eigenvalue weighted by molar-refractivity contribution is 7.91. The average Bonchev–Trinajstić information content (AvgIpc) is 2.80. The van der Waals surface area contributed by atoms with Crippen LogP contribution in [0.4, 0.5) is 5.82 Å². The van der Waals surface area contributed by atoms with Crippen molar-refractivity contribution in [3.8, 4) is 0 Å². The van der Waals surface area contributed by atoms with Gasteiger partial charge in [-0.25, -0.2) is 8.42 Å². The Morgan fingerprint density at radius 3 is 2.38 bits per heavy atom. The predicted molar refractivity (Wildman–Crippen MR) is 104 cm³/mol. The van der Waals surface area contributed by atoms with E-state index in [0.29, 0.717) is 24.3 Å². The lowest BCUT2D eigenvalue weighted by Gasteiger charge is -2.14. The van der Waals surface area contributed by atoms with Crippen molar-refractivity contribution in [3.05, 3.63) is 54.2 Å². The highest BCUT2D eigenvalue weighted by Crippen LogP contribution is 2.35. The molecule has 5 nitrogen and oxygen atoms in total. The molecule has 0 aliphatic rings.